The summed E-state index contributed by atoms with van der Waals surface area (Å²) >= 11 is 1.50. The van der Waals surface area contributed by atoms with E-state index in [9.17, 15) is 24.3 Å². The van der Waals surface area contributed by atoms with Gasteiger partial charge in [0.2, 0.25) is 17.7 Å². The first-order valence-corrected chi connectivity index (χ1v) is 18.3. The maximum absolute atomic E-state index is 14.2. The number of aliphatic hydroxyl groups is 1. The maximum atomic E-state index is 14.2. The molecule has 3 fully saturated rings. The number of cyclic esters (lactones) is 1. The van der Waals surface area contributed by atoms with Crippen molar-refractivity contribution < 1.29 is 33.8 Å². The predicted molar refractivity (Wildman–Crippen MR) is 182 cm³/mol. The molecule has 12 heteroatoms. The van der Waals surface area contributed by atoms with Crippen LogP contribution in [0.2, 0.25) is 0 Å². The molecule has 1 saturated carbocycles. The van der Waals surface area contributed by atoms with Gasteiger partial charge in [-0.2, -0.15) is 0 Å². The van der Waals surface area contributed by atoms with Gasteiger partial charge >= 0.3 is 6.09 Å². The van der Waals surface area contributed by atoms with E-state index in [1.165, 1.54) is 22.7 Å². The first kappa shape index (κ1) is 35.8. The van der Waals surface area contributed by atoms with Crippen molar-refractivity contribution in [3.05, 3.63) is 58.3 Å². The number of aliphatic hydroxyl groups excluding tert-OH is 1. The fourth-order valence-electron chi connectivity index (χ4n) is 7.01. The number of benzene rings is 1. The molecule has 2 aliphatic heterocycles. The molecule has 11 nitrogen and oxygen atoms in total. The van der Waals surface area contributed by atoms with E-state index in [1.807, 2.05) is 54.8 Å². The second kappa shape index (κ2) is 17.8. The third kappa shape index (κ3) is 10.0. The Morgan fingerprint density at radius 2 is 1.73 bits per heavy atom. The largest absolute Gasteiger partial charge is 0.441 e. The molecule has 48 heavy (non-hydrogen) atoms. The number of amides is 4. The minimum atomic E-state index is -1.11. The number of ether oxygens (including phenoxy) is 2. The normalized spacial score (nSPS) is 21.2. The smallest absolute Gasteiger partial charge is 0.410 e. The van der Waals surface area contributed by atoms with E-state index in [1.54, 1.807) is 4.90 Å². The van der Waals surface area contributed by atoms with Gasteiger partial charge in [0.25, 0.3) is 0 Å². The van der Waals surface area contributed by atoms with Crippen LogP contribution < -0.4 is 10.6 Å². The molecular weight excluding hydrogens is 632 g/mol. The molecule has 3 aliphatic rings. The Labute approximate surface area is 287 Å². The predicted octanol–water partition coefficient (Wildman–Crippen LogP) is 3.54. The van der Waals surface area contributed by atoms with Crippen LogP contribution in [0.15, 0.2) is 47.8 Å². The number of thiophene rings is 1. The second-order valence-electron chi connectivity index (χ2n) is 13.2. The summed E-state index contributed by atoms with van der Waals surface area (Å²) < 4.78 is 10.9. The molecule has 0 spiro atoms. The first-order chi connectivity index (χ1) is 23.3. The van der Waals surface area contributed by atoms with Crippen molar-refractivity contribution >= 4 is 35.2 Å². The Bertz CT molecular complexity index is 1330. The van der Waals surface area contributed by atoms with Crippen LogP contribution in [0.25, 0.3) is 0 Å². The fourth-order valence-corrected chi connectivity index (χ4v) is 7.77. The number of rotatable bonds is 15. The van der Waals surface area contributed by atoms with Gasteiger partial charge in [0.05, 0.1) is 31.7 Å². The van der Waals surface area contributed by atoms with Crippen molar-refractivity contribution in [2.24, 2.45) is 11.8 Å². The Morgan fingerprint density at radius 3 is 2.40 bits per heavy atom. The number of hydrogen-bond donors (Lipinski definition) is 3. The molecule has 5 rings (SSSR count). The van der Waals surface area contributed by atoms with Crippen molar-refractivity contribution in [1.29, 1.82) is 0 Å². The quantitative estimate of drug-likeness (QED) is 0.262. The molecule has 3 heterocycles. The number of hydrogen-bond acceptors (Lipinski definition) is 8. The van der Waals surface area contributed by atoms with Gasteiger partial charge in [-0.1, -0.05) is 68.5 Å². The summed E-state index contributed by atoms with van der Waals surface area (Å²) in [4.78, 5) is 58.1. The average Bonchev–Trinajstić information content (AvgIpc) is 3.77. The molecule has 0 radical (unpaired) electrons. The third-order valence-electron chi connectivity index (χ3n) is 9.82. The molecule has 2 saturated heterocycles. The van der Waals surface area contributed by atoms with Crippen LogP contribution in [0.5, 0.6) is 0 Å². The lowest BCUT2D eigenvalue weighted by atomic mass is 9.83. The van der Waals surface area contributed by atoms with Gasteiger partial charge in [-0.05, 0) is 42.7 Å². The Kier molecular flexibility index (Phi) is 13.3. The summed E-state index contributed by atoms with van der Waals surface area (Å²) in [5.41, 5.74) is 0.926. The number of morpholine rings is 1. The van der Waals surface area contributed by atoms with Crippen LogP contribution in [0.4, 0.5) is 4.79 Å². The fraction of sp³-hybridized carbons (Fsp3) is 0.611. The average molecular weight is 683 g/mol. The molecule has 0 bridgehead atoms. The van der Waals surface area contributed by atoms with Crippen molar-refractivity contribution in [1.82, 2.24) is 20.4 Å². The van der Waals surface area contributed by atoms with Crippen LogP contribution in [0.3, 0.4) is 0 Å². The van der Waals surface area contributed by atoms with Gasteiger partial charge in [-0.15, -0.1) is 11.3 Å². The van der Waals surface area contributed by atoms with Gasteiger partial charge in [-0.3, -0.25) is 14.4 Å². The van der Waals surface area contributed by atoms with Gasteiger partial charge in [0.15, 0.2) is 0 Å². The highest BCUT2D eigenvalue weighted by atomic mass is 32.1. The summed E-state index contributed by atoms with van der Waals surface area (Å²) in [5, 5.41) is 19.6. The van der Waals surface area contributed by atoms with E-state index >= 15 is 0 Å². The lowest BCUT2D eigenvalue weighted by Gasteiger charge is -2.33. The van der Waals surface area contributed by atoms with Crippen LogP contribution in [-0.4, -0.2) is 102 Å². The Hall–Kier alpha value is -3.48. The number of nitrogens with one attached hydrogen (secondary N) is 2. The van der Waals surface area contributed by atoms with Gasteiger partial charge < -0.3 is 35.0 Å². The maximum Gasteiger partial charge on any atom is 0.410 e. The monoisotopic (exact) mass is 682 g/mol. The van der Waals surface area contributed by atoms with E-state index in [-0.39, 0.29) is 31.2 Å². The summed E-state index contributed by atoms with van der Waals surface area (Å²) in [5.74, 6) is -1.26. The molecule has 2 aromatic rings. The highest BCUT2D eigenvalue weighted by Gasteiger charge is 2.41. The third-order valence-corrected chi connectivity index (χ3v) is 10.7. The zero-order chi connectivity index (χ0) is 33.9. The first-order valence-electron chi connectivity index (χ1n) is 17.5. The zero-order valence-corrected chi connectivity index (χ0v) is 28.7. The van der Waals surface area contributed by atoms with E-state index < -0.39 is 42.2 Å². The van der Waals surface area contributed by atoms with Crippen LogP contribution in [0, 0.1) is 11.8 Å². The highest BCUT2D eigenvalue weighted by molar-refractivity contribution is 7.09. The van der Waals surface area contributed by atoms with Crippen LogP contribution in [0.1, 0.15) is 62.3 Å². The molecule has 3 N–H and O–H groups in total. The molecule has 1 aliphatic carbocycles. The number of nitrogens with zero attached hydrogens (tertiary/aromatic N) is 2. The van der Waals surface area contributed by atoms with Crippen molar-refractivity contribution in [3.63, 3.8) is 0 Å². The molecule has 4 amide bonds. The summed E-state index contributed by atoms with van der Waals surface area (Å²) in [6.07, 6.45) is 4.24. The summed E-state index contributed by atoms with van der Waals surface area (Å²) in [6, 6.07) is 11.8. The Morgan fingerprint density at radius 1 is 0.979 bits per heavy atom. The summed E-state index contributed by atoms with van der Waals surface area (Å²) in [7, 11) is 0. The Balaban J connectivity index is 1.34. The van der Waals surface area contributed by atoms with Crippen LogP contribution >= 0.6 is 11.3 Å². The molecular formula is C36H50N4O7S. The van der Waals surface area contributed by atoms with Crippen molar-refractivity contribution in [3.8, 4) is 0 Å². The van der Waals surface area contributed by atoms with Crippen molar-refractivity contribution in [2.45, 2.75) is 89.0 Å². The lowest BCUT2D eigenvalue weighted by molar-refractivity contribution is -0.140. The van der Waals surface area contributed by atoms with Gasteiger partial charge in [-0.25, -0.2) is 4.79 Å². The van der Waals surface area contributed by atoms with Crippen LogP contribution in [-0.2, 0) is 36.7 Å². The minimum absolute atomic E-state index is 0.0120. The lowest BCUT2D eigenvalue weighted by Crippen LogP contribution is -2.57. The SMILES string of the molecule is CCN1C[C@@H]([C@@H](O)[C@H](CC2CCCCC2)NC(=O)[C@H](Cc2cccs2)NC(=O)[C@H](CC(=O)N2CCOCC2)Cc2ccccc2)OC1=O. The number of carbonyl (C=O) groups is 4. The molecule has 262 valence electrons. The highest BCUT2D eigenvalue weighted by Crippen LogP contribution is 2.30. The number of carbonyl (C=O) groups excluding carboxylic acids is 4. The molecule has 1 aromatic heterocycles. The summed E-state index contributed by atoms with van der Waals surface area (Å²) in [6.45, 7) is 4.48. The second-order valence-corrected chi connectivity index (χ2v) is 14.3. The van der Waals surface area contributed by atoms with E-state index in [2.05, 4.69) is 10.6 Å². The minimum Gasteiger partial charge on any atom is -0.441 e. The van der Waals surface area contributed by atoms with E-state index in [0.717, 1.165) is 36.1 Å². The zero-order valence-electron chi connectivity index (χ0n) is 27.9. The standard InChI is InChI=1S/C36H50N4O7S/c1-2-39-24-31(47-36(39)45)33(42)29(21-26-12-7-4-8-13-26)37-35(44)30(23-28-14-9-19-48-28)38-34(43)27(20-25-10-5-3-6-11-25)22-32(41)40-15-17-46-18-16-40/h3,5-6,9-11,14,19,26-27,29-31,33,42H,2,4,7-8,12-13,15-18,20-24H2,1H3,(H,37,44)(H,38,43)/t27-,29-,30-,31-,33-/m0/s1. The number of likely N-dealkylation sites (N-methyl/N-ethyl adjacent to an activating group) is 1. The van der Waals surface area contributed by atoms with E-state index in [0.29, 0.717) is 51.6 Å². The van der Waals surface area contributed by atoms with E-state index in [4.69, 9.17) is 9.47 Å². The van der Waals surface area contributed by atoms with Gasteiger partial charge in [0.1, 0.15) is 18.2 Å². The molecule has 1 aromatic carbocycles. The molecule has 5 atom stereocenters. The topological polar surface area (TPSA) is 138 Å². The molecule has 0 unspecified atom stereocenters. The van der Waals surface area contributed by atoms with Crippen molar-refractivity contribution in [2.75, 3.05) is 39.4 Å². The van der Waals surface area contributed by atoms with Gasteiger partial charge in [0, 0.05) is 37.4 Å².